The predicted octanol–water partition coefficient (Wildman–Crippen LogP) is 2.29. The Hall–Kier alpha value is -1.97. The van der Waals surface area contributed by atoms with Gasteiger partial charge in [0.1, 0.15) is 5.82 Å². The highest BCUT2D eigenvalue weighted by atomic mass is 19.1. The topological polar surface area (TPSA) is 34.9 Å². The third-order valence-electron chi connectivity index (χ3n) is 2.61. The molecular weight excluding hydrogens is 219 g/mol. The number of hydrogen-bond donors (Lipinski definition) is 0. The molecule has 0 saturated carbocycles. The van der Waals surface area contributed by atoms with Gasteiger partial charge in [-0.25, -0.2) is 4.39 Å². The molecule has 0 radical (unpaired) electrons. The SMILES string of the molecule is Cc1cc(CC(=O)c2ccccc2F)n(C)n1. The Morgan fingerprint density at radius 2 is 2.12 bits per heavy atom. The number of benzene rings is 1. The number of carbonyl (C=O) groups is 1. The lowest BCUT2D eigenvalue weighted by Gasteiger charge is -2.02. The highest BCUT2D eigenvalue weighted by molar-refractivity contribution is 5.97. The van der Waals surface area contributed by atoms with Crippen molar-refractivity contribution in [2.24, 2.45) is 7.05 Å². The first-order valence-corrected chi connectivity index (χ1v) is 5.35. The summed E-state index contributed by atoms with van der Waals surface area (Å²) in [5, 5.41) is 4.15. The van der Waals surface area contributed by atoms with Gasteiger partial charge in [0.15, 0.2) is 5.78 Å². The molecule has 3 nitrogen and oxygen atoms in total. The minimum atomic E-state index is -0.476. The molecule has 17 heavy (non-hydrogen) atoms. The fourth-order valence-electron chi connectivity index (χ4n) is 1.78. The Morgan fingerprint density at radius 1 is 1.41 bits per heavy atom. The van der Waals surface area contributed by atoms with Gasteiger partial charge in [-0.15, -0.1) is 0 Å². The Morgan fingerprint density at radius 3 is 2.71 bits per heavy atom. The summed E-state index contributed by atoms with van der Waals surface area (Å²) in [6.45, 7) is 1.86. The summed E-state index contributed by atoms with van der Waals surface area (Å²) in [5.74, 6) is -0.706. The van der Waals surface area contributed by atoms with Crippen LogP contribution >= 0.6 is 0 Å². The normalized spacial score (nSPS) is 10.5. The van der Waals surface area contributed by atoms with Crippen molar-refractivity contribution < 1.29 is 9.18 Å². The predicted molar refractivity (Wildman–Crippen MR) is 62.4 cm³/mol. The average Bonchev–Trinajstić information content (AvgIpc) is 2.58. The Labute approximate surface area is 98.9 Å². The van der Waals surface area contributed by atoms with Crippen LogP contribution in [0.3, 0.4) is 0 Å². The molecule has 1 aromatic carbocycles. The van der Waals surface area contributed by atoms with E-state index in [1.54, 1.807) is 23.9 Å². The number of aromatic nitrogens is 2. The molecule has 0 saturated heterocycles. The van der Waals surface area contributed by atoms with Crippen LogP contribution in [0.25, 0.3) is 0 Å². The van der Waals surface area contributed by atoms with Crippen LogP contribution in [0.4, 0.5) is 4.39 Å². The summed E-state index contributed by atoms with van der Waals surface area (Å²) in [6, 6.07) is 7.85. The lowest BCUT2D eigenvalue weighted by Crippen LogP contribution is -2.09. The highest BCUT2D eigenvalue weighted by Gasteiger charge is 2.13. The lowest BCUT2D eigenvalue weighted by molar-refractivity contribution is 0.0987. The van der Waals surface area contributed by atoms with Crippen LogP contribution < -0.4 is 0 Å². The van der Waals surface area contributed by atoms with E-state index in [0.717, 1.165) is 11.4 Å². The van der Waals surface area contributed by atoms with Gasteiger partial charge < -0.3 is 0 Å². The standard InChI is InChI=1S/C13H13FN2O/c1-9-7-10(16(2)15-9)8-13(17)11-5-3-4-6-12(11)14/h3-7H,8H2,1-2H3. The number of aryl methyl sites for hydroxylation is 2. The summed E-state index contributed by atoms with van der Waals surface area (Å²) in [5.41, 5.74) is 1.77. The third-order valence-corrected chi connectivity index (χ3v) is 2.61. The second-order valence-corrected chi connectivity index (χ2v) is 3.98. The molecule has 0 unspecified atom stereocenters. The van der Waals surface area contributed by atoms with Crippen molar-refractivity contribution in [3.63, 3.8) is 0 Å². The average molecular weight is 232 g/mol. The second-order valence-electron chi connectivity index (χ2n) is 3.98. The molecule has 1 heterocycles. The monoisotopic (exact) mass is 232 g/mol. The Kier molecular flexibility index (Phi) is 3.04. The summed E-state index contributed by atoms with van der Waals surface area (Å²) < 4.78 is 15.1. The third kappa shape index (κ3) is 2.41. The Bertz CT molecular complexity index is 560. The summed E-state index contributed by atoms with van der Waals surface area (Å²) >= 11 is 0. The number of nitrogens with zero attached hydrogens (tertiary/aromatic N) is 2. The maximum Gasteiger partial charge on any atom is 0.171 e. The van der Waals surface area contributed by atoms with Crippen molar-refractivity contribution in [2.75, 3.05) is 0 Å². The lowest BCUT2D eigenvalue weighted by atomic mass is 10.1. The first-order chi connectivity index (χ1) is 8.08. The van der Waals surface area contributed by atoms with E-state index in [2.05, 4.69) is 5.10 Å². The molecule has 0 N–H and O–H groups in total. The molecule has 0 amide bonds. The van der Waals surface area contributed by atoms with E-state index in [0.29, 0.717) is 0 Å². The van der Waals surface area contributed by atoms with Gasteiger partial charge in [0, 0.05) is 12.7 Å². The van der Waals surface area contributed by atoms with Crippen LogP contribution in [0.2, 0.25) is 0 Å². The van der Waals surface area contributed by atoms with Crippen LogP contribution in [0.1, 0.15) is 21.7 Å². The molecule has 4 heteroatoms. The zero-order valence-electron chi connectivity index (χ0n) is 9.77. The van der Waals surface area contributed by atoms with Crippen molar-refractivity contribution in [1.82, 2.24) is 9.78 Å². The van der Waals surface area contributed by atoms with E-state index < -0.39 is 5.82 Å². The maximum absolute atomic E-state index is 13.4. The number of halogens is 1. The summed E-state index contributed by atoms with van der Waals surface area (Å²) in [4.78, 5) is 11.9. The molecule has 0 bridgehead atoms. The van der Waals surface area contributed by atoms with Gasteiger partial charge in [-0.3, -0.25) is 9.48 Å². The van der Waals surface area contributed by atoms with Crippen molar-refractivity contribution in [1.29, 1.82) is 0 Å². The van der Waals surface area contributed by atoms with E-state index in [1.807, 2.05) is 13.0 Å². The van der Waals surface area contributed by atoms with Gasteiger partial charge in [-0.1, -0.05) is 12.1 Å². The summed E-state index contributed by atoms with van der Waals surface area (Å²) in [7, 11) is 1.77. The fraction of sp³-hybridized carbons (Fsp3) is 0.231. The number of rotatable bonds is 3. The minimum absolute atomic E-state index is 0.131. The minimum Gasteiger partial charge on any atom is -0.294 e. The quantitative estimate of drug-likeness (QED) is 0.761. The van der Waals surface area contributed by atoms with E-state index in [4.69, 9.17) is 0 Å². The van der Waals surface area contributed by atoms with Gasteiger partial charge in [0.25, 0.3) is 0 Å². The van der Waals surface area contributed by atoms with Crippen molar-refractivity contribution in [3.8, 4) is 0 Å². The van der Waals surface area contributed by atoms with Crippen LogP contribution in [0.15, 0.2) is 30.3 Å². The zero-order valence-corrected chi connectivity index (χ0v) is 9.77. The van der Waals surface area contributed by atoms with Gasteiger partial charge in [0.05, 0.1) is 17.7 Å². The first kappa shape index (κ1) is 11.5. The molecule has 0 aliphatic rings. The number of carbonyl (C=O) groups excluding carboxylic acids is 1. The van der Waals surface area contributed by atoms with Crippen molar-refractivity contribution in [2.45, 2.75) is 13.3 Å². The van der Waals surface area contributed by atoms with Crippen molar-refractivity contribution in [3.05, 3.63) is 53.1 Å². The largest absolute Gasteiger partial charge is 0.294 e. The van der Waals surface area contributed by atoms with E-state index in [9.17, 15) is 9.18 Å². The molecule has 2 aromatic rings. The van der Waals surface area contributed by atoms with E-state index in [-0.39, 0.29) is 17.8 Å². The molecule has 1 aromatic heterocycles. The summed E-state index contributed by atoms with van der Waals surface area (Å²) in [6.07, 6.45) is 0.165. The van der Waals surface area contributed by atoms with Crippen LogP contribution in [0, 0.1) is 12.7 Å². The molecule has 0 aliphatic carbocycles. The molecule has 0 fully saturated rings. The smallest absolute Gasteiger partial charge is 0.171 e. The highest BCUT2D eigenvalue weighted by Crippen LogP contribution is 2.11. The van der Waals surface area contributed by atoms with Crippen LogP contribution in [-0.4, -0.2) is 15.6 Å². The van der Waals surface area contributed by atoms with Crippen LogP contribution in [-0.2, 0) is 13.5 Å². The molecule has 2 rings (SSSR count). The number of Topliss-reactive ketones (excluding diaryl/α,β-unsaturated/α-hetero) is 1. The maximum atomic E-state index is 13.4. The van der Waals surface area contributed by atoms with Gasteiger partial charge >= 0.3 is 0 Å². The zero-order chi connectivity index (χ0) is 12.4. The van der Waals surface area contributed by atoms with E-state index in [1.165, 1.54) is 12.1 Å². The van der Waals surface area contributed by atoms with E-state index >= 15 is 0 Å². The molecule has 0 spiro atoms. The molecule has 0 atom stereocenters. The van der Waals surface area contributed by atoms with Gasteiger partial charge in [-0.05, 0) is 25.1 Å². The van der Waals surface area contributed by atoms with Gasteiger partial charge in [-0.2, -0.15) is 5.10 Å². The Balaban J connectivity index is 2.23. The van der Waals surface area contributed by atoms with Gasteiger partial charge in [0.2, 0.25) is 0 Å². The molecule has 0 aliphatic heterocycles. The molecular formula is C13H13FN2O. The fourth-order valence-corrected chi connectivity index (χ4v) is 1.78. The van der Waals surface area contributed by atoms with Crippen molar-refractivity contribution >= 4 is 5.78 Å². The number of hydrogen-bond acceptors (Lipinski definition) is 2. The molecule has 88 valence electrons. The number of ketones is 1. The second kappa shape index (κ2) is 4.49. The first-order valence-electron chi connectivity index (χ1n) is 5.35. The van der Waals surface area contributed by atoms with Crippen LogP contribution in [0.5, 0.6) is 0 Å².